The zero-order valence-corrected chi connectivity index (χ0v) is 31.5. The predicted octanol–water partition coefficient (Wildman–Crippen LogP) is 13.8. The van der Waals surface area contributed by atoms with Crippen molar-refractivity contribution in [3.8, 4) is 33.4 Å². The van der Waals surface area contributed by atoms with Crippen LogP contribution in [0.4, 0.5) is 0 Å². The van der Waals surface area contributed by atoms with Crippen LogP contribution in [-0.2, 0) is 17.3 Å². The lowest BCUT2D eigenvalue weighted by Crippen LogP contribution is -2.30. The Morgan fingerprint density at radius 3 is 1.30 bits per heavy atom. The first-order valence-corrected chi connectivity index (χ1v) is 20.1. The number of aryl methyl sites for hydroxylation is 1. The molecule has 0 amide bonds. The Labute approximate surface area is 333 Å². The summed E-state index contributed by atoms with van der Waals surface area (Å²) in [5, 5.41) is 1.19. The van der Waals surface area contributed by atoms with Gasteiger partial charge in [0, 0.05) is 22.9 Å². The summed E-state index contributed by atoms with van der Waals surface area (Å²) in [6.07, 6.45) is 6.46. The van der Waals surface area contributed by atoms with Gasteiger partial charge in [0.1, 0.15) is 11.3 Å². The molecule has 268 valence electrons. The first kappa shape index (κ1) is 32.3. The van der Waals surface area contributed by atoms with Crippen LogP contribution in [0.2, 0.25) is 0 Å². The van der Waals surface area contributed by atoms with Gasteiger partial charge in [-0.05, 0) is 78.7 Å². The Morgan fingerprint density at radius 2 is 0.789 bits per heavy atom. The number of allylic oxidation sites excluding steroid dienone is 1. The van der Waals surface area contributed by atoms with Crippen LogP contribution in [0, 0.1) is 0 Å². The van der Waals surface area contributed by atoms with E-state index in [4.69, 9.17) is 4.42 Å². The second-order valence-corrected chi connectivity index (χ2v) is 15.8. The molecule has 0 bridgehead atoms. The predicted molar refractivity (Wildman–Crippen MR) is 234 cm³/mol. The molecule has 1 heterocycles. The molecule has 3 aliphatic rings. The average Bonchev–Trinajstić information content (AvgIpc) is 3.92. The van der Waals surface area contributed by atoms with Gasteiger partial charge in [0.05, 0.1) is 10.8 Å². The van der Waals surface area contributed by atoms with Gasteiger partial charge in [-0.25, -0.2) is 0 Å². The van der Waals surface area contributed by atoms with E-state index in [9.17, 15) is 0 Å². The molecule has 0 N–H and O–H groups in total. The third-order valence-corrected chi connectivity index (χ3v) is 13.1. The molecule has 0 aliphatic heterocycles. The van der Waals surface area contributed by atoms with E-state index in [1.165, 1.54) is 77.7 Å². The van der Waals surface area contributed by atoms with Crippen molar-refractivity contribution in [3.05, 3.63) is 256 Å². The van der Waals surface area contributed by atoms with Crippen LogP contribution in [0.25, 0.3) is 50.4 Å². The summed E-state index contributed by atoms with van der Waals surface area (Å²) in [6, 6.07) is 72.6. The number of para-hydroxylation sites is 1. The summed E-state index contributed by atoms with van der Waals surface area (Å²) < 4.78 is 6.57. The zero-order valence-electron chi connectivity index (χ0n) is 31.5. The standard InChI is InChI=1S/C56H38O/c1-2-15-38(16-3-1)55(49-24-9-4-17-43(49)44-18-5-10-25-50(44)55)40-33-35-41(36-34-40)56(51-26-11-6-19-45(51)46-20-7-12-27-52(46)56)39-31-29-37(30-32-39)42-22-14-23-48-47-21-8-13-28-53(47)57-54(42)48/h1-12,14-27,29-36H,13,28H2. The lowest BCUT2D eigenvalue weighted by molar-refractivity contribution is 0.547. The molecule has 1 heteroatoms. The van der Waals surface area contributed by atoms with Crippen molar-refractivity contribution in [2.45, 2.75) is 23.7 Å². The molecule has 57 heavy (non-hydrogen) atoms. The number of furan rings is 1. The van der Waals surface area contributed by atoms with E-state index < -0.39 is 10.8 Å². The zero-order chi connectivity index (χ0) is 37.6. The smallest absolute Gasteiger partial charge is 0.142 e. The van der Waals surface area contributed by atoms with E-state index in [1.54, 1.807) is 0 Å². The molecular weight excluding hydrogens is 689 g/mol. The van der Waals surface area contributed by atoms with Gasteiger partial charge in [-0.2, -0.15) is 0 Å². The van der Waals surface area contributed by atoms with Crippen LogP contribution in [0.3, 0.4) is 0 Å². The molecule has 0 atom stereocenters. The number of benzene rings is 8. The second-order valence-electron chi connectivity index (χ2n) is 15.8. The molecule has 1 nitrogen and oxygen atoms in total. The Balaban J connectivity index is 1.07. The SMILES string of the molecule is C1=Cc2c(oc3c(-c4ccc(C5(c6ccc(C7(c8ccccc8)c8ccccc8-c8ccccc87)cc6)c6ccccc6-c6ccccc65)cc4)cccc23)CC1. The van der Waals surface area contributed by atoms with Gasteiger partial charge < -0.3 is 4.42 Å². The fourth-order valence-electron chi connectivity index (χ4n) is 10.8. The molecule has 1 aromatic heterocycles. The van der Waals surface area contributed by atoms with Crippen LogP contribution in [0.15, 0.2) is 205 Å². The van der Waals surface area contributed by atoms with E-state index in [-0.39, 0.29) is 0 Å². The van der Waals surface area contributed by atoms with Crippen molar-refractivity contribution < 1.29 is 4.42 Å². The minimum Gasteiger partial charge on any atom is -0.460 e. The largest absolute Gasteiger partial charge is 0.460 e. The highest BCUT2D eigenvalue weighted by molar-refractivity contribution is 5.98. The molecule has 12 rings (SSSR count). The fraction of sp³-hybridized carbons (Fsp3) is 0.0714. The second kappa shape index (κ2) is 12.3. The number of fused-ring (bicyclic) bond motifs is 9. The van der Waals surface area contributed by atoms with E-state index in [1.807, 2.05) is 0 Å². The number of hydrogen-bond acceptors (Lipinski definition) is 1. The van der Waals surface area contributed by atoms with Crippen molar-refractivity contribution in [3.63, 3.8) is 0 Å². The molecule has 0 saturated carbocycles. The van der Waals surface area contributed by atoms with Gasteiger partial charge in [0.2, 0.25) is 0 Å². The lowest BCUT2D eigenvalue weighted by atomic mass is 9.65. The van der Waals surface area contributed by atoms with Gasteiger partial charge in [-0.1, -0.05) is 206 Å². The normalized spacial score (nSPS) is 15.1. The Bertz CT molecular complexity index is 2960. The van der Waals surface area contributed by atoms with Crippen molar-refractivity contribution in [1.29, 1.82) is 0 Å². The molecule has 9 aromatic rings. The monoisotopic (exact) mass is 726 g/mol. The van der Waals surface area contributed by atoms with Crippen LogP contribution in [0.1, 0.15) is 62.3 Å². The Kier molecular flexibility index (Phi) is 6.95. The van der Waals surface area contributed by atoms with Crippen LogP contribution in [0.5, 0.6) is 0 Å². The summed E-state index contributed by atoms with van der Waals surface area (Å²) in [7, 11) is 0. The lowest BCUT2D eigenvalue weighted by Gasteiger charge is -2.36. The highest BCUT2D eigenvalue weighted by Gasteiger charge is 2.48. The van der Waals surface area contributed by atoms with Gasteiger partial charge in [0.15, 0.2) is 0 Å². The maximum atomic E-state index is 6.57. The summed E-state index contributed by atoms with van der Waals surface area (Å²) in [5.74, 6) is 1.09. The molecule has 0 unspecified atom stereocenters. The van der Waals surface area contributed by atoms with Crippen molar-refractivity contribution in [2.24, 2.45) is 0 Å². The van der Waals surface area contributed by atoms with Crippen molar-refractivity contribution in [2.75, 3.05) is 0 Å². The first-order chi connectivity index (χ1) is 28.3. The number of hydrogen-bond donors (Lipinski definition) is 0. The molecule has 3 aliphatic carbocycles. The molecule has 0 radical (unpaired) electrons. The molecule has 0 fully saturated rings. The van der Waals surface area contributed by atoms with Crippen molar-refractivity contribution >= 4 is 17.0 Å². The minimum absolute atomic E-state index is 0.449. The number of rotatable bonds is 5. The quantitative estimate of drug-likeness (QED) is 0.172. The molecule has 0 spiro atoms. The summed E-state index contributed by atoms with van der Waals surface area (Å²) in [6.45, 7) is 0. The molecular formula is C56H38O. The fourth-order valence-corrected chi connectivity index (χ4v) is 10.8. The van der Waals surface area contributed by atoms with E-state index in [0.29, 0.717) is 0 Å². The highest BCUT2D eigenvalue weighted by atomic mass is 16.3. The third kappa shape index (κ3) is 4.34. The topological polar surface area (TPSA) is 13.1 Å². The van der Waals surface area contributed by atoms with Gasteiger partial charge >= 0.3 is 0 Å². The summed E-state index contributed by atoms with van der Waals surface area (Å²) in [5.41, 5.74) is 19.1. The maximum absolute atomic E-state index is 6.57. The maximum Gasteiger partial charge on any atom is 0.142 e. The molecule has 0 saturated heterocycles. The van der Waals surface area contributed by atoms with Gasteiger partial charge in [-0.15, -0.1) is 0 Å². The highest BCUT2D eigenvalue weighted by Crippen LogP contribution is 2.59. The van der Waals surface area contributed by atoms with Crippen LogP contribution < -0.4 is 0 Å². The first-order valence-electron chi connectivity index (χ1n) is 20.1. The van der Waals surface area contributed by atoms with Crippen LogP contribution in [-0.4, -0.2) is 0 Å². The molecule has 8 aromatic carbocycles. The summed E-state index contributed by atoms with van der Waals surface area (Å²) >= 11 is 0. The van der Waals surface area contributed by atoms with Gasteiger partial charge in [0.25, 0.3) is 0 Å². The van der Waals surface area contributed by atoms with E-state index in [2.05, 4.69) is 206 Å². The Hall–Kier alpha value is -6.96. The summed E-state index contributed by atoms with van der Waals surface area (Å²) in [4.78, 5) is 0. The average molecular weight is 727 g/mol. The van der Waals surface area contributed by atoms with Gasteiger partial charge in [-0.3, -0.25) is 0 Å². The van der Waals surface area contributed by atoms with Crippen molar-refractivity contribution in [1.82, 2.24) is 0 Å². The van der Waals surface area contributed by atoms with E-state index >= 15 is 0 Å². The van der Waals surface area contributed by atoms with Crippen LogP contribution >= 0.6 is 0 Å². The third-order valence-electron chi connectivity index (χ3n) is 13.1. The minimum atomic E-state index is -0.518. The van der Waals surface area contributed by atoms with E-state index in [0.717, 1.165) is 35.3 Å². The Morgan fingerprint density at radius 1 is 0.368 bits per heavy atom.